The Morgan fingerprint density at radius 2 is 2.06 bits per heavy atom. The van der Waals surface area contributed by atoms with Crippen molar-refractivity contribution in [1.82, 2.24) is 15.3 Å². The lowest BCUT2D eigenvalue weighted by atomic mass is 9.83. The SMILES string of the molecule is COC(=O)c1c[nH]c(-c2cc(NC3CC(C)C=C(NC(=O)c4occc4C)C3C)ccn2)c1. The minimum atomic E-state index is -0.400. The number of hydrogen-bond acceptors (Lipinski definition) is 6. The summed E-state index contributed by atoms with van der Waals surface area (Å²) in [6.07, 6.45) is 7.90. The van der Waals surface area contributed by atoms with Gasteiger partial charge in [0.05, 0.1) is 30.3 Å². The van der Waals surface area contributed by atoms with E-state index in [1.807, 2.05) is 19.1 Å². The number of amides is 1. The minimum absolute atomic E-state index is 0.0773. The Kier molecular flexibility index (Phi) is 6.35. The maximum atomic E-state index is 12.7. The van der Waals surface area contributed by atoms with E-state index in [9.17, 15) is 9.59 Å². The van der Waals surface area contributed by atoms with E-state index in [2.05, 4.69) is 40.5 Å². The van der Waals surface area contributed by atoms with Crippen molar-refractivity contribution < 1.29 is 18.7 Å². The quantitative estimate of drug-likeness (QED) is 0.478. The van der Waals surface area contributed by atoms with Crippen molar-refractivity contribution in [3.05, 3.63) is 71.6 Å². The number of H-pyrrole nitrogens is 1. The second-order valence-electron chi connectivity index (χ2n) is 8.48. The number of ether oxygens (including phenoxy) is 1. The van der Waals surface area contributed by atoms with Crippen molar-refractivity contribution in [1.29, 1.82) is 0 Å². The number of rotatable bonds is 6. The van der Waals surface area contributed by atoms with Crippen molar-refractivity contribution in [2.75, 3.05) is 12.4 Å². The first-order chi connectivity index (χ1) is 15.9. The summed E-state index contributed by atoms with van der Waals surface area (Å²) in [5, 5.41) is 6.64. The number of aromatic amines is 1. The number of anilines is 1. The third kappa shape index (κ3) is 4.84. The summed E-state index contributed by atoms with van der Waals surface area (Å²) in [5.41, 5.74) is 4.49. The van der Waals surface area contributed by atoms with Gasteiger partial charge in [-0.05, 0) is 43.5 Å². The zero-order valence-corrected chi connectivity index (χ0v) is 19.1. The molecule has 0 aliphatic heterocycles. The number of aromatic nitrogens is 2. The van der Waals surface area contributed by atoms with Crippen LogP contribution >= 0.6 is 0 Å². The normalized spacial score (nSPS) is 20.1. The van der Waals surface area contributed by atoms with Crippen LogP contribution in [-0.2, 0) is 4.74 Å². The van der Waals surface area contributed by atoms with Crippen LogP contribution in [0.4, 0.5) is 5.69 Å². The van der Waals surface area contributed by atoms with Crippen LogP contribution in [-0.4, -0.2) is 35.0 Å². The number of furan rings is 1. The lowest BCUT2D eigenvalue weighted by Gasteiger charge is -2.34. The Bertz CT molecular complexity index is 1190. The topological polar surface area (TPSA) is 109 Å². The number of hydrogen-bond donors (Lipinski definition) is 3. The van der Waals surface area contributed by atoms with Gasteiger partial charge in [0.25, 0.3) is 5.91 Å². The van der Waals surface area contributed by atoms with Gasteiger partial charge in [-0.3, -0.25) is 9.78 Å². The highest BCUT2D eigenvalue weighted by molar-refractivity contribution is 5.94. The molecule has 1 amide bonds. The van der Waals surface area contributed by atoms with Crippen LogP contribution in [0.25, 0.3) is 11.4 Å². The van der Waals surface area contributed by atoms with Gasteiger partial charge in [-0.1, -0.05) is 19.9 Å². The van der Waals surface area contributed by atoms with Crippen LogP contribution in [0.5, 0.6) is 0 Å². The third-order valence-electron chi connectivity index (χ3n) is 6.00. The van der Waals surface area contributed by atoms with Crippen LogP contribution < -0.4 is 10.6 Å². The first-order valence-electron chi connectivity index (χ1n) is 10.9. The zero-order valence-electron chi connectivity index (χ0n) is 19.1. The number of nitrogens with zero attached hydrogens (tertiary/aromatic N) is 1. The van der Waals surface area contributed by atoms with Crippen LogP contribution in [0.15, 0.2) is 59.1 Å². The Balaban J connectivity index is 1.49. The lowest BCUT2D eigenvalue weighted by molar-refractivity contribution is 0.0601. The van der Waals surface area contributed by atoms with E-state index >= 15 is 0 Å². The molecule has 0 fully saturated rings. The van der Waals surface area contributed by atoms with Crippen molar-refractivity contribution in [2.45, 2.75) is 33.2 Å². The molecule has 3 atom stereocenters. The van der Waals surface area contributed by atoms with Gasteiger partial charge in [0, 0.05) is 41.3 Å². The molecule has 1 aliphatic carbocycles. The molecule has 4 rings (SSSR count). The molecule has 3 aromatic rings. The fourth-order valence-corrected chi connectivity index (χ4v) is 4.14. The average Bonchev–Trinajstić information content (AvgIpc) is 3.46. The molecule has 0 bridgehead atoms. The zero-order chi connectivity index (χ0) is 23.5. The first kappa shape index (κ1) is 22.4. The number of carbonyl (C=O) groups is 2. The maximum absolute atomic E-state index is 12.7. The summed E-state index contributed by atoms with van der Waals surface area (Å²) in [7, 11) is 1.35. The van der Waals surface area contributed by atoms with Gasteiger partial charge < -0.3 is 24.8 Å². The summed E-state index contributed by atoms with van der Waals surface area (Å²) in [4.78, 5) is 31.9. The van der Waals surface area contributed by atoms with Gasteiger partial charge in [0.1, 0.15) is 0 Å². The third-order valence-corrected chi connectivity index (χ3v) is 6.00. The van der Waals surface area contributed by atoms with Crippen LogP contribution in [0.1, 0.15) is 46.7 Å². The number of esters is 1. The second-order valence-corrected chi connectivity index (χ2v) is 8.48. The molecule has 3 unspecified atom stereocenters. The predicted octanol–water partition coefficient (Wildman–Crippen LogP) is 4.54. The number of nitrogens with one attached hydrogen (secondary N) is 3. The van der Waals surface area contributed by atoms with E-state index in [0.29, 0.717) is 22.9 Å². The molecule has 3 heterocycles. The Hall–Kier alpha value is -3.81. The van der Waals surface area contributed by atoms with Crippen LogP contribution in [0.2, 0.25) is 0 Å². The number of methoxy groups -OCH3 is 1. The number of carbonyl (C=O) groups excluding carboxylic acids is 2. The Morgan fingerprint density at radius 3 is 2.79 bits per heavy atom. The van der Waals surface area contributed by atoms with E-state index in [-0.39, 0.29) is 17.9 Å². The summed E-state index contributed by atoms with van der Waals surface area (Å²) in [6.45, 7) is 6.08. The molecule has 3 aromatic heterocycles. The first-order valence-corrected chi connectivity index (χ1v) is 10.9. The predicted molar refractivity (Wildman–Crippen MR) is 125 cm³/mol. The summed E-state index contributed by atoms with van der Waals surface area (Å²) in [6, 6.07) is 7.46. The van der Waals surface area contributed by atoms with E-state index in [0.717, 1.165) is 29.1 Å². The van der Waals surface area contributed by atoms with Gasteiger partial charge in [0.15, 0.2) is 5.76 Å². The van der Waals surface area contributed by atoms with E-state index in [1.54, 1.807) is 24.5 Å². The Labute approximate surface area is 192 Å². The molecule has 8 nitrogen and oxygen atoms in total. The van der Waals surface area contributed by atoms with E-state index < -0.39 is 5.97 Å². The fraction of sp³-hybridized carbons (Fsp3) is 0.320. The molecule has 3 N–H and O–H groups in total. The van der Waals surface area contributed by atoms with Crippen LogP contribution in [0.3, 0.4) is 0 Å². The summed E-state index contributed by atoms with van der Waals surface area (Å²) >= 11 is 0. The maximum Gasteiger partial charge on any atom is 0.339 e. The fourth-order valence-electron chi connectivity index (χ4n) is 4.14. The molecule has 0 radical (unpaired) electrons. The highest BCUT2D eigenvalue weighted by atomic mass is 16.5. The van der Waals surface area contributed by atoms with Crippen molar-refractivity contribution in [3.8, 4) is 11.4 Å². The number of aryl methyl sites for hydroxylation is 1. The highest BCUT2D eigenvalue weighted by Crippen LogP contribution is 2.31. The lowest BCUT2D eigenvalue weighted by Crippen LogP contribution is -2.39. The van der Waals surface area contributed by atoms with Gasteiger partial charge in [-0.25, -0.2) is 4.79 Å². The van der Waals surface area contributed by atoms with Gasteiger partial charge in [0.2, 0.25) is 0 Å². The van der Waals surface area contributed by atoms with Crippen molar-refractivity contribution >= 4 is 17.6 Å². The van der Waals surface area contributed by atoms with Gasteiger partial charge >= 0.3 is 5.97 Å². The molecule has 1 aliphatic rings. The van der Waals surface area contributed by atoms with Gasteiger partial charge in [-0.2, -0.15) is 0 Å². The minimum Gasteiger partial charge on any atom is -0.465 e. The molecule has 0 aromatic carbocycles. The van der Waals surface area contributed by atoms with Crippen LogP contribution in [0, 0.1) is 18.8 Å². The largest absolute Gasteiger partial charge is 0.465 e. The molecule has 0 spiro atoms. The molecule has 0 saturated heterocycles. The van der Waals surface area contributed by atoms with E-state index in [4.69, 9.17) is 9.15 Å². The van der Waals surface area contributed by atoms with Gasteiger partial charge in [-0.15, -0.1) is 0 Å². The number of pyridine rings is 1. The molecular formula is C25H28N4O4. The standard InChI is InChI=1S/C25H28N4O4/c1-14-9-19(16(3)20(10-14)29-24(30)23-15(2)6-8-33-23)28-18-5-7-26-22(12-18)21-11-17(13-27-21)25(31)32-4/h5-8,10-14,16,19,27H,9H2,1-4H3,(H,26,28)(H,29,30). The second kappa shape index (κ2) is 9.36. The number of allylic oxidation sites excluding steroid dienone is 1. The Morgan fingerprint density at radius 1 is 1.24 bits per heavy atom. The highest BCUT2D eigenvalue weighted by Gasteiger charge is 2.29. The summed E-state index contributed by atoms with van der Waals surface area (Å²) in [5.74, 6) is 0.0695. The monoisotopic (exact) mass is 448 g/mol. The smallest absolute Gasteiger partial charge is 0.339 e. The average molecular weight is 449 g/mol. The molecule has 8 heteroatoms. The van der Waals surface area contributed by atoms with E-state index in [1.165, 1.54) is 13.4 Å². The summed E-state index contributed by atoms with van der Waals surface area (Å²) < 4.78 is 10.1. The van der Waals surface area contributed by atoms with Crippen molar-refractivity contribution in [3.63, 3.8) is 0 Å². The molecular weight excluding hydrogens is 420 g/mol. The van der Waals surface area contributed by atoms with Crippen molar-refractivity contribution in [2.24, 2.45) is 11.8 Å². The molecule has 0 saturated carbocycles. The molecule has 172 valence electrons. The molecule has 33 heavy (non-hydrogen) atoms.